The predicted octanol–water partition coefficient (Wildman–Crippen LogP) is 3.35. The third kappa shape index (κ3) is 0.552. The van der Waals surface area contributed by atoms with Gasteiger partial charge in [-0.2, -0.15) is 0 Å². The smallest absolute Gasteiger partial charge is 0.160 e. The quantitative estimate of drug-likeness (QED) is 0.639. The van der Waals surface area contributed by atoms with Crippen molar-refractivity contribution in [1.29, 1.82) is 0 Å². The lowest BCUT2D eigenvalue weighted by atomic mass is 9.54. The van der Waals surface area contributed by atoms with E-state index in [1.807, 2.05) is 0 Å². The molecule has 7 aliphatic rings. The molecule has 10 atom stereocenters. The van der Waals surface area contributed by atoms with Gasteiger partial charge < -0.3 is 5.11 Å². The Kier molecular flexibility index (Phi) is 1.53. The highest BCUT2D eigenvalue weighted by Crippen LogP contribution is 3.04. The number of rotatable bonds is 0. The van der Waals surface area contributed by atoms with E-state index in [0.717, 1.165) is 6.42 Å². The molecule has 0 aromatic heterocycles. The van der Waals surface area contributed by atoms with Crippen molar-refractivity contribution < 1.29 is 5.11 Å². The van der Waals surface area contributed by atoms with Gasteiger partial charge in [0, 0.05) is 5.92 Å². The van der Waals surface area contributed by atoms with Gasteiger partial charge in [0.2, 0.25) is 0 Å². The van der Waals surface area contributed by atoms with Gasteiger partial charge in [0.1, 0.15) is 14.6 Å². The molecule has 1 N–H and O–H groups in total. The molecular formula is C12H8Cl6O. The molecule has 0 spiro atoms. The highest BCUT2D eigenvalue weighted by molar-refractivity contribution is 6.65. The van der Waals surface area contributed by atoms with Gasteiger partial charge in [-0.15, -0.1) is 46.4 Å². The first-order chi connectivity index (χ1) is 8.59. The summed E-state index contributed by atoms with van der Waals surface area (Å²) in [6.45, 7) is 0. The topological polar surface area (TPSA) is 20.2 Å². The van der Waals surface area contributed by atoms with Crippen LogP contribution >= 0.6 is 69.6 Å². The fraction of sp³-hybridized carbons (Fsp3) is 1.00. The summed E-state index contributed by atoms with van der Waals surface area (Å²) in [6.07, 6.45) is 0.895. The number of hydrogen-bond acceptors (Lipinski definition) is 1. The summed E-state index contributed by atoms with van der Waals surface area (Å²) in [5.74, 6) is 0.211. The van der Waals surface area contributed by atoms with Crippen molar-refractivity contribution >= 4 is 69.6 Å². The van der Waals surface area contributed by atoms with Crippen molar-refractivity contribution in [3.63, 3.8) is 0 Å². The van der Waals surface area contributed by atoms with Crippen molar-refractivity contribution in [2.45, 2.75) is 35.9 Å². The molecule has 7 heteroatoms. The summed E-state index contributed by atoms with van der Waals surface area (Å²) in [4.78, 5) is -4.39. The highest BCUT2D eigenvalue weighted by atomic mass is 35.5. The Morgan fingerprint density at radius 1 is 0.842 bits per heavy atom. The second kappa shape index (κ2) is 2.39. The number of halogens is 6. The first-order valence-electron chi connectivity index (χ1n) is 6.45. The highest BCUT2D eigenvalue weighted by Gasteiger charge is 3.15. The average molecular weight is 381 g/mol. The van der Waals surface area contributed by atoms with Crippen LogP contribution in [0.4, 0.5) is 0 Å². The van der Waals surface area contributed by atoms with Gasteiger partial charge >= 0.3 is 0 Å². The van der Waals surface area contributed by atoms with Crippen LogP contribution in [0.1, 0.15) is 6.42 Å². The third-order valence-electron chi connectivity index (χ3n) is 7.62. The zero-order valence-electron chi connectivity index (χ0n) is 9.31. The molecule has 0 saturated heterocycles. The molecule has 0 amide bonds. The third-order valence-corrected chi connectivity index (χ3v) is 12.9. The van der Waals surface area contributed by atoms with Crippen LogP contribution in [0.25, 0.3) is 0 Å². The fourth-order valence-corrected chi connectivity index (χ4v) is 12.2. The van der Waals surface area contributed by atoms with Crippen LogP contribution in [-0.4, -0.2) is 34.5 Å². The molecule has 7 saturated carbocycles. The lowest BCUT2D eigenvalue weighted by Gasteiger charge is -2.64. The van der Waals surface area contributed by atoms with Crippen molar-refractivity contribution in [3.8, 4) is 0 Å². The summed E-state index contributed by atoms with van der Waals surface area (Å²) in [7, 11) is 0. The van der Waals surface area contributed by atoms with Gasteiger partial charge in [0.05, 0.1) is 10.5 Å². The van der Waals surface area contributed by atoms with Gasteiger partial charge in [0.25, 0.3) is 0 Å². The molecule has 19 heavy (non-hydrogen) atoms. The van der Waals surface area contributed by atoms with Crippen LogP contribution < -0.4 is 0 Å². The van der Waals surface area contributed by atoms with Gasteiger partial charge in [-0.25, -0.2) is 0 Å². The van der Waals surface area contributed by atoms with Gasteiger partial charge in [-0.1, -0.05) is 23.2 Å². The summed E-state index contributed by atoms with van der Waals surface area (Å²) in [6, 6.07) is 0. The van der Waals surface area contributed by atoms with Crippen LogP contribution in [0.5, 0.6) is 0 Å². The van der Waals surface area contributed by atoms with Crippen LogP contribution in [0.2, 0.25) is 0 Å². The first-order valence-corrected chi connectivity index (χ1v) is 8.72. The number of aliphatic hydroxyl groups is 1. The Labute approximate surface area is 139 Å². The molecule has 0 radical (unpaired) electrons. The largest absolute Gasteiger partial charge is 0.387 e. The monoisotopic (exact) mass is 378 g/mol. The minimum Gasteiger partial charge on any atom is -0.387 e. The lowest BCUT2D eigenvalue weighted by Crippen LogP contribution is -2.82. The van der Waals surface area contributed by atoms with E-state index in [9.17, 15) is 5.11 Å². The molecule has 104 valence electrons. The summed E-state index contributed by atoms with van der Waals surface area (Å²) < 4.78 is -1.41. The van der Waals surface area contributed by atoms with E-state index in [0.29, 0.717) is 0 Å². The van der Waals surface area contributed by atoms with E-state index in [2.05, 4.69) is 0 Å². The number of alkyl halides is 6. The van der Waals surface area contributed by atoms with E-state index in [1.165, 1.54) is 0 Å². The van der Waals surface area contributed by atoms with E-state index in [1.54, 1.807) is 0 Å². The van der Waals surface area contributed by atoms with E-state index in [4.69, 9.17) is 69.6 Å². The molecule has 7 aliphatic carbocycles. The SMILES string of the molecule is OC12C3CC4C5C3C3(Cl)C(Cl)(Cl)C5(Cl)C(Cl)(C41)C23Cl. The zero-order chi connectivity index (χ0) is 13.6. The molecular weight excluding hydrogens is 373 g/mol. The molecule has 7 fully saturated rings. The molecule has 0 aliphatic heterocycles. The van der Waals surface area contributed by atoms with Crippen molar-refractivity contribution in [1.82, 2.24) is 0 Å². The minimum atomic E-state index is -1.41. The van der Waals surface area contributed by atoms with Crippen molar-refractivity contribution in [2.24, 2.45) is 29.6 Å². The van der Waals surface area contributed by atoms with E-state index >= 15 is 0 Å². The minimum absolute atomic E-state index is 0.0280. The lowest BCUT2D eigenvalue weighted by molar-refractivity contribution is -0.143. The van der Waals surface area contributed by atoms with Crippen molar-refractivity contribution in [2.75, 3.05) is 0 Å². The fourth-order valence-electron chi connectivity index (χ4n) is 7.65. The molecule has 4 bridgehead atoms. The molecule has 0 aromatic rings. The summed E-state index contributed by atoms with van der Waals surface area (Å²) >= 11 is 40.9. The van der Waals surface area contributed by atoms with Gasteiger partial charge in [-0.3, -0.25) is 0 Å². The predicted molar refractivity (Wildman–Crippen MR) is 75.8 cm³/mol. The first kappa shape index (κ1) is 12.2. The Morgan fingerprint density at radius 2 is 1.47 bits per heavy atom. The van der Waals surface area contributed by atoms with E-state index in [-0.39, 0.29) is 29.6 Å². The summed E-state index contributed by atoms with van der Waals surface area (Å²) in [5.41, 5.74) is -1.05. The molecule has 1 nitrogen and oxygen atoms in total. The molecule has 10 unspecified atom stereocenters. The second-order valence-corrected chi connectivity index (χ2v) is 10.9. The maximum absolute atomic E-state index is 11.2. The second-order valence-electron chi connectivity index (χ2n) is 7.23. The Bertz CT molecular complexity index is 609. The average Bonchev–Trinajstić information content (AvgIpc) is 2.94. The van der Waals surface area contributed by atoms with Crippen LogP contribution in [0, 0.1) is 29.6 Å². The van der Waals surface area contributed by atoms with Crippen molar-refractivity contribution in [3.05, 3.63) is 0 Å². The molecule has 0 aromatic carbocycles. The van der Waals surface area contributed by atoms with E-state index < -0.39 is 29.4 Å². The van der Waals surface area contributed by atoms with Gasteiger partial charge in [0.15, 0.2) is 4.33 Å². The molecule has 0 heterocycles. The standard InChI is InChI=1S/C12H8Cl6O/c13-8-4-2-1-3-5(4)9(14,12(8,17)18)11(16)7(3,19)6(2)10(8,11)15/h2-6,19H,1H2. The maximum Gasteiger partial charge on any atom is 0.160 e. The Morgan fingerprint density at radius 3 is 2.11 bits per heavy atom. The van der Waals surface area contributed by atoms with Crippen LogP contribution in [-0.2, 0) is 0 Å². The molecule has 7 rings (SSSR count). The van der Waals surface area contributed by atoms with Crippen LogP contribution in [0.15, 0.2) is 0 Å². The Balaban J connectivity index is 1.88. The maximum atomic E-state index is 11.2. The zero-order valence-corrected chi connectivity index (χ0v) is 13.8. The number of hydrogen-bond donors (Lipinski definition) is 1. The normalized spacial score (nSPS) is 86.4. The van der Waals surface area contributed by atoms with Crippen LogP contribution in [0.3, 0.4) is 0 Å². The Hall–Kier alpha value is 1.70. The summed E-state index contributed by atoms with van der Waals surface area (Å²) in [5, 5.41) is 11.2. The van der Waals surface area contributed by atoms with Gasteiger partial charge in [-0.05, 0) is 30.1 Å².